The van der Waals surface area contributed by atoms with Crippen LogP contribution >= 0.6 is 11.6 Å². The Morgan fingerprint density at radius 1 is 1.29 bits per heavy atom. The second-order valence-corrected chi connectivity index (χ2v) is 6.21. The lowest BCUT2D eigenvalue weighted by Crippen LogP contribution is -2.73. The van der Waals surface area contributed by atoms with Crippen LogP contribution in [0.15, 0.2) is 24.3 Å². The number of hydrogen-bond donors (Lipinski definition) is 0. The van der Waals surface area contributed by atoms with Gasteiger partial charge in [0.05, 0.1) is 12.5 Å². The summed E-state index contributed by atoms with van der Waals surface area (Å²) >= 11 is 5.25. The minimum atomic E-state index is -0.795. The van der Waals surface area contributed by atoms with E-state index in [1.54, 1.807) is 19.1 Å². The number of halogens is 1. The normalized spacial score (nSPS) is 28.9. The van der Waals surface area contributed by atoms with Gasteiger partial charge in [0.15, 0.2) is 0 Å². The standard InChI is InChI=1S/C15H16ClNO4/c1-17(10-4-3-5-11(6-10)20-2)12(18)14-7-15(8-14,9-14)21-13(16)19/h3-6H,7-9H2,1-2H3. The van der Waals surface area contributed by atoms with Gasteiger partial charge in [-0.25, -0.2) is 4.79 Å². The maximum atomic E-state index is 12.6. The Hall–Kier alpha value is -1.75. The fourth-order valence-electron chi connectivity index (χ4n) is 3.49. The third-order valence-corrected chi connectivity index (χ3v) is 4.55. The van der Waals surface area contributed by atoms with Crippen molar-refractivity contribution in [2.75, 3.05) is 19.1 Å². The molecule has 0 atom stereocenters. The molecule has 3 aliphatic carbocycles. The molecule has 21 heavy (non-hydrogen) atoms. The number of nitrogens with zero attached hydrogens (tertiary/aromatic N) is 1. The largest absolute Gasteiger partial charge is 0.497 e. The van der Waals surface area contributed by atoms with Crippen LogP contribution < -0.4 is 9.64 Å². The summed E-state index contributed by atoms with van der Waals surface area (Å²) < 4.78 is 10.2. The molecule has 0 N–H and O–H groups in total. The minimum absolute atomic E-state index is 0.0447. The lowest BCUT2D eigenvalue weighted by atomic mass is 9.40. The SMILES string of the molecule is COc1cccc(N(C)C(=O)C23CC(OC(=O)Cl)(C2)C3)c1. The summed E-state index contributed by atoms with van der Waals surface area (Å²) in [5.41, 5.74) is -0.905. The number of amides is 1. The molecule has 0 radical (unpaired) electrons. The summed E-state index contributed by atoms with van der Waals surface area (Å²) in [6, 6.07) is 7.35. The van der Waals surface area contributed by atoms with Crippen molar-refractivity contribution in [3.05, 3.63) is 24.3 Å². The van der Waals surface area contributed by atoms with Gasteiger partial charge in [0, 0.05) is 49.7 Å². The summed E-state index contributed by atoms with van der Waals surface area (Å²) in [6.07, 6.45) is 1.68. The first-order chi connectivity index (χ1) is 9.90. The highest BCUT2D eigenvalue weighted by Gasteiger charge is 2.74. The highest BCUT2D eigenvalue weighted by Crippen LogP contribution is 2.70. The lowest BCUT2D eigenvalue weighted by Gasteiger charge is -2.67. The summed E-state index contributed by atoms with van der Waals surface area (Å²) in [5.74, 6) is 0.750. The van der Waals surface area contributed by atoms with Crippen LogP contribution in [0.4, 0.5) is 10.5 Å². The molecule has 0 aliphatic heterocycles. The average molecular weight is 310 g/mol. The van der Waals surface area contributed by atoms with Crippen LogP contribution in [0.1, 0.15) is 19.3 Å². The second-order valence-electron chi connectivity index (χ2n) is 5.90. The van der Waals surface area contributed by atoms with Gasteiger partial charge in [-0.1, -0.05) is 6.07 Å². The maximum absolute atomic E-state index is 12.6. The van der Waals surface area contributed by atoms with Crippen molar-refractivity contribution >= 4 is 28.6 Å². The molecule has 0 heterocycles. The first kappa shape index (κ1) is 14.2. The van der Waals surface area contributed by atoms with Gasteiger partial charge in [-0.15, -0.1) is 0 Å². The van der Waals surface area contributed by atoms with Crippen LogP contribution in [0.5, 0.6) is 5.75 Å². The number of benzene rings is 1. The van der Waals surface area contributed by atoms with E-state index < -0.39 is 16.4 Å². The molecule has 3 saturated carbocycles. The number of ether oxygens (including phenoxy) is 2. The van der Waals surface area contributed by atoms with Gasteiger partial charge in [-0.05, 0) is 12.1 Å². The highest BCUT2D eigenvalue weighted by molar-refractivity contribution is 6.61. The lowest BCUT2D eigenvalue weighted by molar-refractivity contribution is -0.243. The Morgan fingerprint density at radius 2 is 1.95 bits per heavy atom. The predicted molar refractivity (Wildman–Crippen MR) is 77.8 cm³/mol. The van der Waals surface area contributed by atoms with E-state index in [2.05, 4.69) is 0 Å². The van der Waals surface area contributed by atoms with E-state index in [1.807, 2.05) is 24.3 Å². The molecule has 1 amide bonds. The zero-order chi connectivity index (χ0) is 15.3. The monoisotopic (exact) mass is 309 g/mol. The van der Waals surface area contributed by atoms with Crippen molar-refractivity contribution in [3.63, 3.8) is 0 Å². The number of anilines is 1. The molecular weight excluding hydrogens is 294 g/mol. The van der Waals surface area contributed by atoms with Gasteiger partial charge in [0.2, 0.25) is 5.91 Å². The Morgan fingerprint density at radius 3 is 2.52 bits per heavy atom. The van der Waals surface area contributed by atoms with Crippen LogP contribution in [0.3, 0.4) is 0 Å². The van der Waals surface area contributed by atoms with Crippen molar-refractivity contribution in [1.29, 1.82) is 0 Å². The molecule has 1 aromatic carbocycles. The summed E-state index contributed by atoms with van der Waals surface area (Å²) in [6.45, 7) is 0. The van der Waals surface area contributed by atoms with Gasteiger partial charge in [-0.3, -0.25) is 4.79 Å². The zero-order valence-electron chi connectivity index (χ0n) is 11.9. The van der Waals surface area contributed by atoms with E-state index in [-0.39, 0.29) is 5.91 Å². The molecule has 0 aromatic heterocycles. The number of hydrogen-bond acceptors (Lipinski definition) is 4. The molecule has 0 spiro atoms. The van der Waals surface area contributed by atoms with Crippen molar-refractivity contribution in [1.82, 2.24) is 0 Å². The Balaban J connectivity index is 1.69. The first-order valence-electron chi connectivity index (χ1n) is 6.70. The molecule has 4 rings (SSSR count). The highest BCUT2D eigenvalue weighted by atomic mass is 35.5. The third-order valence-electron chi connectivity index (χ3n) is 4.48. The first-order valence-corrected chi connectivity index (χ1v) is 7.08. The quantitative estimate of drug-likeness (QED) is 0.802. The molecule has 3 fully saturated rings. The number of rotatable bonds is 4. The topological polar surface area (TPSA) is 55.8 Å². The Labute approximate surface area is 127 Å². The van der Waals surface area contributed by atoms with Crippen molar-refractivity contribution in [2.45, 2.75) is 24.9 Å². The number of carbonyl (C=O) groups is 2. The van der Waals surface area contributed by atoms with E-state index in [0.717, 1.165) is 5.69 Å². The molecule has 112 valence electrons. The molecule has 3 aliphatic rings. The van der Waals surface area contributed by atoms with Gasteiger partial charge in [0.25, 0.3) is 0 Å². The van der Waals surface area contributed by atoms with Gasteiger partial charge in [-0.2, -0.15) is 0 Å². The van der Waals surface area contributed by atoms with Crippen molar-refractivity contribution in [3.8, 4) is 5.75 Å². The summed E-state index contributed by atoms with van der Waals surface area (Å²) in [7, 11) is 3.34. The third kappa shape index (κ3) is 2.16. The van der Waals surface area contributed by atoms with Crippen LogP contribution in [-0.4, -0.2) is 31.1 Å². The van der Waals surface area contributed by atoms with E-state index in [9.17, 15) is 9.59 Å². The maximum Gasteiger partial charge on any atom is 0.404 e. The van der Waals surface area contributed by atoms with E-state index in [0.29, 0.717) is 25.0 Å². The molecule has 0 saturated heterocycles. The molecule has 5 nitrogen and oxygen atoms in total. The average Bonchev–Trinajstić information content (AvgIpc) is 2.39. The number of methoxy groups -OCH3 is 1. The Bertz CT molecular complexity index is 596. The van der Waals surface area contributed by atoms with E-state index >= 15 is 0 Å². The smallest absolute Gasteiger partial charge is 0.404 e. The zero-order valence-corrected chi connectivity index (χ0v) is 12.6. The number of carbonyl (C=O) groups excluding carboxylic acids is 2. The van der Waals surface area contributed by atoms with Crippen LogP contribution in [0, 0.1) is 5.41 Å². The fourth-order valence-corrected chi connectivity index (χ4v) is 3.66. The van der Waals surface area contributed by atoms with Gasteiger partial charge >= 0.3 is 5.43 Å². The van der Waals surface area contributed by atoms with Crippen molar-refractivity contribution in [2.24, 2.45) is 5.41 Å². The minimum Gasteiger partial charge on any atom is -0.497 e. The van der Waals surface area contributed by atoms with E-state index in [1.165, 1.54) is 0 Å². The molecule has 1 aromatic rings. The van der Waals surface area contributed by atoms with Crippen LogP contribution in [0.25, 0.3) is 0 Å². The van der Waals surface area contributed by atoms with E-state index in [4.69, 9.17) is 21.1 Å². The van der Waals surface area contributed by atoms with Gasteiger partial charge in [0.1, 0.15) is 11.4 Å². The van der Waals surface area contributed by atoms with Crippen LogP contribution in [-0.2, 0) is 9.53 Å². The summed E-state index contributed by atoms with van der Waals surface area (Å²) in [5, 5.41) is 0. The molecular formula is C15H16ClNO4. The fraction of sp³-hybridized carbons (Fsp3) is 0.467. The molecule has 6 heteroatoms. The van der Waals surface area contributed by atoms with Crippen molar-refractivity contribution < 1.29 is 19.1 Å². The molecule has 0 unspecified atom stereocenters. The molecule has 2 bridgehead atoms. The second kappa shape index (κ2) is 4.63. The summed E-state index contributed by atoms with van der Waals surface area (Å²) in [4.78, 5) is 25.1. The van der Waals surface area contributed by atoms with Crippen LogP contribution in [0.2, 0.25) is 0 Å². The predicted octanol–water partition coefficient (Wildman–Crippen LogP) is 2.96. The Kier molecular flexibility index (Phi) is 3.13. The van der Waals surface area contributed by atoms with Gasteiger partial charge < -0.3 is 14.4 Å².